The molecule has 5 nitrogen and oxygen atoms in total. The van der Waals surface area contributed by atoms with Gasteiger partial charge in [-0.2, -0.15) is 5.26 Å². The van der Waals surface area contributed by atoms with Crippen molar-refractivity contribution >= 4 is 5.78 Å². The predicted molar refractivity (Wildman–Crippen MR) is 111 cm³/mol. The van der Waals surface area contributed by atoms with Crippen LogP contribution in [0.15, 0.2) is 30.5 Å². The predicted octanol–water partition coefficient (Wildman–Crippen LogP) is 4.22. The number of carbonyl (C=O) groups excluding carboxylic acids is 1. The van der Waals surface area contributed by atoms with Gasteiger partial charge in [0.05, 0.1) is 11.6 Å². The van der Waals surface area contributed by atoms with E-state index in [-0.39, 0.29) is 5.78 Å². The van der Waals surface area contributed by atoms with Crippen LogP contribution in [0.3, 0.4) is 0 Å². The summed E-state index contributed by atoms with van der Waals surface area (Å²) in [5.41, 5.74) is 3.26. The van der Waals surface area contributed by atoms with Gasteiger partial charge in [0, 0.05) is 29.9 Å². The van der Waals surface area contributed by atoms with Crippen LogP contribution in [0.5, 0.6) is 5.88 Å². The van der Waals surface area contributed by atoms with E-state index in [9.17, 15) is 10.1 Å². The minimum Gasteiger partial charge on any atom is -0.461 e. The third kappa shape index (κ3) is 3.77. The fraction of sp³-hybridized carbons (Fsp3) is 0.458. The summed E-state index contributed by atoms with van der Waals surface area (Å²) in [7, 11) is 0. The van der Waals surface area contributed by atoms with Crippen molar-refractivity contribution in [2.75, 3.05) is 6.54 Å². The fourth-order valence-electron chi connectivity index (χ4n) is 4.10. The number of nitrogens with one attached hydrogen (secondary N) is 1. The molecule has 1 aromatic carbocycles. The monoisotopic (exact) mass is 389 g/mol. The molecule has 0 spiro atoms. The third-order valence-electron chi connectivity index (χ3n) is 6.17. The van der Waals surface area contributed by atoms with Gasteiger partial charge < -0.3 is 10.1 Å². The number of piperidine rings is 1. The van der Waals surface area contributed by atoms with Gasteiger partial charge in [0.25, 0.3) is 0 Å². The Bertz CT molecular complexity index is 980. The molecular formula is C24H27N3O2. The van der Waals surface area contributed by atoms with E-state index in [4.69, 9.17) is 4.74 Å². The standard InChI is InChI=1S/C24H27N3O2/c1-15-4-7-20(21(12-15)18-5-6-18)22(28)24(10-8-16(2)27-14-24)29-23-17(3)19(13-25)9-11-26-23/h4,7,9,11-12,16,18,27H,5-6,8,10,14H2,1-3H3/t16-,24-/m1/s1. The van der Waals surface area contributed by atoms with Crippen LogP contribution in [0, 0.1) is 25.2 Å². The number of Topliss-reactive ketones (excluding diaryl/α,β-unsaturated/α-hetero) is 1. The first-order valence-corrected chi connectivity index (χ1v) is 10.4. The van der Waals surface area contributed by atoms with E-state index < -0.39 is 5.60 Å². The van der Waals surface area contributed by atoms with Gasteiger partial charge in [-0.1, -0.05) is 23.8 Å². The lowest BCUT2D eigenvalue weighted by molar-refractivity contribution is 0.0260. The molecule has 1 N–H and O–H groups in total. The number of aryl methyl sites for hydroxylation is 1. The Morgan fingerprint density at radius 2 is 2.07 bits per heavy atom. The fourth-order valence-corrected chi connectivity index (χ4v) is 4.10. The van der Waals surface area contributed by atoms with E-state index in [2.05, 4.69) is 36.3 Å². The van der Waals surface area contributed by atoms with E-state index in [0.717, 1.165) is 30.4 Å². The molecule has 150 valence electrons. The zero-order valence-corrected chi connectivity index (χ0v) is 17.3. The smallest absolute Gasteiger partial charge is 0.218 e. The van der Waals surface area contributed by atoms with E-state index in [0.29, 0.717) is 41.9 Å². The summed E-state index contributed by atoms with van der Waals surface area (Å²) in [5, 5.41) is 12.8. The van der Waals surface area contributed by atoms with Crippen molar-refractivity contribution in [1.29, 1.82) is 5.26 Å². The SMILES string of the molecule is Cc1ccc(C(=O)[C@@]2(Oc3nccc(C#N)c3C)CC[C@@H](C)NC2)c(C2CC2)c1. The van der Waals surface area contributed by atoms with E-state index in [1.54, 1.807) is 12.3 Å². The molecule has 29 heavy (non-hydrogen) atoms. The Labute approximate surface area is 172 Å². The van der Waals surface area contributed by atoms with Crippen molar-refractivity contribution in [1.82, 2.24) is 10.3 Å². The molecule has 0 radical (unpaired) electrons. The van der Waals surface area contributed by atoms with Crippen LogP contribution in [-0.2, 0) is 0 Å². The number of nitriles is 1. The summed E-state index contributed by atoms with van der Waals surface area (Å²) < 4.78 is 6.39. The number of ketones is 1. The summed E-state index contributed by atoms with van der Waals surface area (Å²) in [5.74, 6) is 0.861. The molecule has 2 aliphatic rings. The number of hydrogen-bond donors (Lipinski definition) is 1. The van der Waals surface area contributed by atoms with Crippen LogP contribution in [0.1, 0.15) is 71.1 Å². The second-order valence-electron chi connectivity index (χ2n) is 8.51. The number of ether oxygens (including phenoxy) is 1. The molecule has 2 atom stereocenters. The summed E-state index contributed by atoms with van der Waals surface area (Å²) in [6, 6.07) is 10.3. The van der Waals surface area contributed by atoms with Crippen molar-refractivity contribution in [3.63, 3.8) is 0 Å². The molecular weight excluding hydrogens is 362 g/mol. The van der Waals surface area contributed by atoms with Gasteiger partial charge in [0.15, 0.2) is 5.60 Å². The number of aromatic nitrogens is 1. The van der Waals surface area contributed by atoms with Gasteiger partial charge in [0.2, 0.25) is 11.7 Å². The molecule has 0 unspecified atom stereocenters. The van der Waals surface area contributed by atoms with Gasteiger partial charge in [-0.15, -0.1) is 0 Å². The molecule has 2 aromatic rings. The van der Waals surface area contributed by atoms with Crippen molar-refractivity contribution < 1.29 is 9.53 Å². The van der Waals surface area contributed by atoms with Crippen molar-refractivity contribution in [2.45, 2.75) is 64.0 Å². The lowest BCUT2D eigenvalue weighted by Gasteiger charge is -2.39. The molecule has 1 aliphatic carbocycles. The van der Waals surface area contributed by atoms with Gasteiger partial charge in [0.1, 0.15) is 0 Å². The quantitative estimate of drug-likeness (QED) is 0.775. The number of hydrogen-bond acceptors (Lipinski definition) is 5. The van der Waals surface area contributed by atoms with Gasteiger partial charge in [-0.3, -0.25) is 4.79 Å². The van der Waals surface area contributed by atoms with Crippen molar-refractivity contribution in [3.8, 4) is 11.9 Å². The maximum absolute atomic E-state index is 13.9. The van der Waals surface area contributed by atoms with Crippen LogP contribution in [-0.4, -0.2) is 29.0 Å². The number of carbonyl (C=O) groups is 1. The van der Waals surface area contributed by atoms with E-state index in [1.807, 2.05) is 19.1 Å². The van der Waals surface area contributed by atoms with Crippen LogP contribution in [0.2, 0.25) is 0 Å². The normalized spacial score (nSPS) is 24.0. The highest BCUT2D eigenvalue weighted by molar-refractivity contribution is 6.04. The van der Waals surface area contributed by atoms with Crippen LogP contribution in [0.4, 0.5) is 0 Å². The summed E-state index contributed by atoms with van der Waals surface area (Å²) in [6.45, 7) is 6.44. The summed E-state index contributed by atoms with van der Waals surface area (Å²) in [6.07, 6.45) is 5.30. The first kappa shape index (κ1) is 19.6. The number of pyridine rings is 1. The average molecular weight is 389 g/mol. The highest BCUT2D eigenvalue weighted by Gasteiger charge is 2.46. The number of rotatable bonds is 5. The molecule has 0 amide bonds. The molecule has 1 saturated carbocycles. The Hall–Kier alpha value is -2.71. The third-order valence-corrected chi connectivity index (χ3v) is 6.17. The molecule has 1 saturated heterocycles. The molecule has 4 rings (SSSR count). The number of benzene rings is 1. The second kappa shape index (κ2) is 7.61. The zero-order chi connectivity index (χ0) is 20.6. The van der Waals surface area contributed by atoms with E-state index in [1.165, 1.54) is 5.56 Å². The molecule has 5 heteroatoms. The topological polar surface area (TPSA) is 75.0 Å². The Kier molecular flexibility index (Phi) is 5.14. The number of nitrogens with zero attached hydrogens (tertiary/aromatic N) is 2. The average Bonchev–Trinajstić information content (AvgIpc) is 3.56. The Morgan fingerprint density at radius 3 is 2.72 bits per heavy atom. The van der Waals surface area contributed by atoms with Gasteiger partial charge in [-0.25, -0.2) is 4.98 Å². The molecule has 2 heterocycles. The molecule has 2 fully saturated rings. The first-order valence-electron chi connectivity index (χ1n) is 10.4. The molecule has 1 aromatic heterocycles. The largest absolute Gasteiger partial charge is 0.461 e. The Morgan fingerprint density at radius 1 is 1.28 bits per heavy atom. The van der Waals surface area contributed by atoms with Gasteiger partial charge >= 0.3 is 0 Å². The molecule has 1 aliphatic heterocycles. The second-order valence-corrected chi connectivity index (χ2v) is 8.51. The highest BCUT2D eigenvalue weighted by Crippen LogP contribution is 2.43. The van der Waals surface area contributed by atoms with Crippen molar-refractivity contribution in [2.24, 2.45) is 0 Å². The summed E-state index contributed by atoms with van der Waals surface area (Å²) >= 11 is 0. The lowest BCUT2D eigenvalue weighted by atomic mass is 9.81. The van der Waals surface area contributed by atoms with E-state index >= 15 is 0 Å². The van der Waals surface area contributed by atoms with Gasteiger partial charge in [-0.05, 0) is 64.0 Å². The van der Waals surface area contributed by atoms with Crippen LogP contribution in [0.25, 0.3) is 0 Å². The maximum Gasteiger partial charge on any atom is 0.218 e. The molecule has 0 bridgehead atoms. The zero-order valence-electron chi connectivity index (χ0n) is 17.3. The minimum atomic E-state index is -1.02. The maximum atomic E-state index is 13.9. The first-order chi connectivity index (χ1) is 13.9. The summed E-state index contributed by atoms with van der Waals surface area (Å²) in [4.78, 5) is 18.3. The van der Waals surface area contributed by atoms with Crippen molar-refractivity contribution in [3.05, 3.63) is 58.3 Å². The minimum absolute atomic E-state index is 0.0161. The van der Waals surface area contributed by atoms with Crippen LogP contribution < -0.4 is 10.1 Å². The highest BCUT2D eigenvalue weighted by atomic mass is 16.5. The Balaban J connectivity index is 1.75. The van der Waals surface area contributed by atoms with Crippen LogP contribution >= 0.6 is 0 Å². The lowest BCUT2D eigenvalue weighted by Crippen LogP contribution is -2.58.